The Labute approximate surface area is 147 Å². The summed E-state index contributed by atoms with van der Waals surface area (Å²) in [7, 11) is -3.59. The van der Waals surface area contributed by atoms with Crippen LogP contribution in [0.5, 0.6) is 0 Å². The maximum absolute atomic E-state index is 13.1. The normalized spacial score (nSPS) is 11.4. The van der Waals surface area contributed by atoms with Crippen molar-refractivity contribution >= 4 is 10.0 Å². The predicted octanol–water partition coefficient (Wildman–Crippen LogP) is 4.28. The Hall–Kier alpha value is -2.50. The van der Waals surface area contributed by atoms with Gasteiger partial charge < -0.3 is 0 Å². The summed E-state index contributed by atoms with van der Waals surface area (Å²) in [5.74, 6) is -0.304. The molecule has 0 fully saturated rings. The molecular weight excluding hydrogens is 337 g/mol. The van der Waals surface area contributed by atoms with Gasteiger partial charge in [-0.3, -0.25) is 0 Å². The zero-order valence-electron chi connectivity index (χ0n) is 13.7. The van der Waals surface area contributed by atoms with Crippen molar-refractivity contribution in [1.82, 2.24) is 4.72 Å². The number of hydrogen-bond acceptors (Lipinski definition) is 2. The fourth-order valence-electron chi connectivity index (χ4n) is 2.56. The fourth-order valence-corrected chi connectivity index (χ4v) is 3.57. The monoisotopic (exact) mass is 355 g/mol. The van der Waals surface area contributed by atoms with Crippen LogP contribution < -0.4 is 4.72 Å². The van der Waals surface area contributed by atoms with Crippen LogP contribution in [0.25, 0.3) is 11.1 Å². The van der Waals surface area contributed by atoms with Gasteiger partial charge in [-0.25, -0.2) is 17.5 Å². The summed E-state index contributed by atoms with van der Waals surface area (Å²) in [5, 5.41) is 0. The van der Waals surface area contributed by atoms with Gasteiger partial charge in [-0.05, 0) is 47.9 Å². The molecule has 0 aromatic heterocycles. The average molecular weight is 355 g/mol. The van der Waals surface area contributed by atoms with Gasteiger partial charge in [0.25, 0.3) is 0 Å². The van der Waals surface area contributed by atoms with Gasteiger partial charge in [0, 0.05) is 6.54 Å². The fraction of sp³-hybridized carbons (Fsp3) is 0.100. The van der Waals surface area contributed by atoms with E-state index in [1.54, 1.807) is 36.4 Å². The highest BCUT2D eigenvalue weighted by atomic mass is 32.2. The first-order valence-electron chi connectivity index (χ1n) is 7.86. The molecule has 0 spiro atoms. The molecule has 3 rings (SSSR count). The van der Waals surface area contributed by atoms with E-state index in [1.807, 2.05) is 31.2 Å². The van der Waals surface area contributed by atoms with Crippen LogP contribution in [0.15, 0.2) is 77.7 Å². The third-order valence-corrected chi connectivity index (χ3v) is 5.37. The largest absolute Gasteiger partial charge is 0.240 e. The Balaban J connectivity index is 1.84. The highest BCUT2D eigenvalue weighted by molar-refractivity contribution is 7.89. The molecule has 3 nitrogen and oxygen atoms in total. The van der Waals surface area contributed by atoms with E-state index in [1.165, 1.54) is 12.1 Å². The van der Waals surface area contributed by atoms with Crippen molar-refractivity contribution in [2.45, 2.75) is 18.4 Å². The summed E-state index contributed by atoms with van der Waals surface area (Å²) >= 11 is 0. The minimum absolute atomic E-state index is 0.157. The Kier molecular flexibility index (Phi) is 4.97. The zero-order valence-corrected chi connectivity index (χ0v) is 14.6. The lowest BCUT2D eigenvalue weighted by Gasteiger charge is -2.12. The van der Waals surface area contributed by atoms with Crippen LogP contribution in [0.2, 0.25) is 0 Å². The first-order chi connectivity index (χ1) is 12.0. The van der Waals surface area contributed by atoms with Gasteiger partial charge in [-0.15, -0.1) is 0 Å². The predicted molar refractivity (Wildman–Crippen MR) is 97.0 cm³/mol. The summed E-state index contributed by atoms with van der Waals surface area (Å²) in [4.78, 5) is 0.234. The van der Waals surface area contributed by atoms with E-state index in [-0.39, 0.29) is 17.3 Å². The van der Waals surface area contributed by atoms with E-state index in [9.17, 15) is 12.8 Å². The van der Waals surface area contributed by atoms with Crippen molar-refractivity contribution in [3.05, 3.63) is 89.7 Å². The van der Waals surface area contributed by atoms with Gasteiger partial charge in [-0.2, -0.15) is 0 Å². The number of halogens is 1. The molecule has 0 unspecified atom stereocenters. The van der Waals surface area contributed by atoms with Crippen LogP contribution in [0, 0.1) is 12.7 Å². The molecule has 3 aromatic rings. The van der Waals surface area contributed by atoms with Gasteiger partial charge in [0.2, 0.25) is 10.0 Å². The number of benzene rings is 3. The Morgan fingerprint density at radius 3 is 2.20 bits per heavy atom. The van der Waals surface area contributed by atoms with Crippen molar-refractivity contribution in [1.29, 1.82) is 0 Å². The van der Waals surface area contributed by atoms with Gasteiger partial charge in [0.05, 0.1) is 4.90 Å². The summed E-state index contributed by atoms with van der Waals surface area (Å²) in [6.45, 7) is 2.06. The number of nitrogens with one attached hydrogen (secondary N) is 1. The van der Waals surface area contributed by atoms with Crippen LogP contribution in [-0.2, 0) is 16.6 Å². The number of sulfonamides is 1. The van der Waals surface area contributed by atoms with Gasteiger partial charge in [0.15, 0.2) is 0 Å². The molecular formula is C20H18FNO2S. The van der Waals surface area contributed by atoms with Gasteiger partial charge >= 0.3 is 0 Å². The molecule has 25 heavy (non-hydrogen) atoms. The molecule has 5 heteroatoms. The molecule has 1 N–H and O–H groups in total. The summed E-state index contributed by atoms with van der Waals surface area (Å²) < 4.78 is 40.7. The number of hydrogen-bond donors (Lipinski definition) is 1. The Morgan fingerprint density at radius 1 is 0.880 bits per heavy atom. The minimum atomic E-state index is -3.59. The second-order valence-electron chi connectivity index (χ2n) is 5.80. The topological polar surface area (TPSA) is 46.2 Å². The highest BCUT2D eigenvalue weighted by Crippen LogP contribution is 2.24. The van der Waals surface area contributed by atoms with Crippen molar-refractivity contribution in [3.8, 4) is 11.1 Å². The molecule has 3 aromatic carbocycles. The van der Waals surface area contributed by atoms with E-state index >= 15 is 0 Å². The lowest BCUT2D eigenvalue weighted by Crippen LogP contribution is -2.23. The van der Waals surface area contributed by atoms with Crippen molar-refractivity contribution in [2.75, 3.05) is 0 Å². The second kappa shape index (κ2) is 7.17. The van der Waals surface area contributed by atoms with E-state index in [0.717, 1.165) is 22.3 Å². The number of aryl methyl sites for hydroxylation is 1. The molecule has 0 aliphatic heterocycles. The van der Waals surface area contributed by atoms with Crippen molar-refractivity contribution in [2.24, 2.45) is 0 Å². The summed E-state index contributed by atoms with van der Waals surface area (Å²) in [6, 6.07) is 20.3. The van der Waals surface area contributed by atoms with Crippen LogP contribution in [0.3, 0.4) is 0 Å². The van der Waals surface area contributed by atoms with Crippen LogP contribution in [-0.4, -0.2) is 8.42 Å². The van der Waals surface area contributed by atoms with E-state index < -0.39 is 10.0 Å². The summed E-state index contributed by atoms with van der Waals surface area (Å²) in [5.41, 5.74) is 3.53. The molecule has 0 heterocycles. The lowest BCUT2D eigenvalue weighted by molar-refractivity contribution is 0.581. The molecule has 0 bridgehead atoms. The van der Waals surface area contributed by atoms with Crippen molar-refractivity contribution < 1.29 is 12.8 Å². The first-order valence-corrected chi connectivity index (χ1v) is 9.34. The van der Waals surface area contributed by atoms with Crippen LogP contribution >= 0.6 is 0 Å². The highest BCUT2D eigenvalue weighted by Gasteiger charge is 2.14. The standard InChI is InChI=1S/C20H18FNO2S/c1-15-6-12-19(13-7-15)25(23,24)22-14-17-4-2-3-5-20(17)16-8-10-18(21)11-9-16/h2-13,22H,14H2,1H3. The van der Waals surface area contributed by atoms with Crippen LogP contribution in [0.4, 0.5) is 4.39 Å². The third kappa shape index (κ3) is 4.13. The first kappa shape index (κ1) is 17.3. The SMILES string of the molecule is Cc1ccc(S(=O)(=O)NCc2ccccc2-c2ccc(F)cc2)cc1. The van der Waals surface area contributed by atoms with E-state index in [0.29, 0.717) is 0 Å². The van der Waals surface area contributed by atoms with E-state index in [4.69, 9.17) is 0 Å². The molecule has 0 saturated carbocycles. The van der Waals surface area contributed by atoms with Gasteiger partial charge in [0.1, 0.15) is 5.82 Å². The molecule has 0 saturated heterocycles. The molecule has 0 atom stereocenters. The molecule has 0 amide bonds. The Morgan fingerprint density at radius 2 is 1.52 bits per heavy atom. The Bertz CT molecular complexity index is 965. The molecule has 0 aliphatic carbocycles. The maximum Gasteiger partial charge on any atom is 0.240 e. The van der Waals surface area contributed by atoms with Crippen molar-refractivity contribution in [3.63, 3.8) is 0 Å². The lowest BCUT2D eigenvalue weighted by atomic mass is 10.00. The second-order valence-corrected chi connectivity index (χ2v) is 7.57. The molecule has 0 aliphatic rings. The summed E-state index contributed by atoms with van der Waals surface area (Å²) in [6.07, 6.45) is 0. The zero-order chi connectivity index (χ0) is 17.9. The maximum atomic E-state index is 13.1. The smallest absolute Gasteiger partial charge is 0.207 e. The van der Waals surface area contributed by atoms with Crippen LogP contribution in [0.1, 0.15) is 11.1 Å². The third-order valence-electron chi connectivity index (χ3n) is 3.96. The van der Waals surface area contributed by atoms with Gasteiger partial charge in [-0.1, -0.05) is 54.1 Å². The average Bonchev–Trinajstić information content (AvgIpc) is 2.61. The molecule has 128 valence electrons. The quantitative estimate of drug-likeness (QED) is 0.742. The van der Waals surface area contributed by atoms with E-state index in [2.05, 4.69) is 4.72 Å². The minimum Gasteiger partial charge on any atom is -0.207 e. The molecule has 0 radical (unpaired) electrons. The number of rotatable bonds is 5.